The van der Waals surface area contributed by atoms with Crippen LogP contribution in [-0.2, 0) is 22.6 Å². The Balaban J connectivity index is 2.32. The molecule has 2 aromatic rings. The lowest BCUT2D eigenvalue weighted by Crippen LogP contribution is -2.49. The van der Waals surface area contributed by atoms with Crippen LogP contribution in [0.5, 0.6) is 0 Å². The molecule has 2 amide bonds. The molecule has 4 nitrogen and oxygen atoms in total. The topological polar surface area (TPSA) is 49.4 Å². The number of nitrogens with zero attached hydrogens (tertiary/aromatic N) is 1. The number of rotatable bonds is 8. The highest BCUT2D eigenvalue weighted by atomic mass is 35.5. The summed E-state index contributed by atoms with van der Waals surface area (Å²) in [5.41, 5.74) is 2.90. The van der Waals surface area contributed by atoms with E-state index in [2.05, 4.69) is 5.32 Å². The number of hydrogen-bond donors (Lipinski definition) is 1. The Kier molecular flexibility index (Phi) is 7.86. The lowest BCUT2D eigenvalue weighted by atomic mass is 10.0. The molecule has 0 heterocycles. The molecule has 0 aromatic heterocycles. The smallest absolute Gasteiger partial charge is 0.242 e. The molecule has 0 saturated heterocycles. The van der Waals surface area contributed by atoms with Crippen LogP contribution in [0.2, 0.25) is 5.02 Å². The van der Waals surface area contributed by atoms with Gasteiger partial charge in [0.05, 0.1) is 6.42 Å². The van der Waals surface area contributed by atoms with Gasteiger partial charge < -0.3 is 10.2 Å². The molecule has 0 aliphatic rings. The van der Waals surface area contributed by atoms with Gasteiger partial charge >= 0.3 is 0 Å². The minimum Gasteiger partial charge on any atom is -0.355 e. The van der Waals surface area contributed by atoms with Crippen LogP contribution in [0.15, 0.2) is 48.5 Å². The molecule has 0 aliphatic carbocycles. The number of nitrogens with one attached hydrogen (secondary N) is 1. The van der Waals surface area contributed by atoms with Gasteiger partial charge in [-0.05, 0) is 43.0 Å². The van der Waals surface area contributed by atoms with E-state index >= 15 is 0 Å². The zero-order chi connectivity index (χ0) is 19.8. The SMILES string of the molecule is CCNC(=O)C(CC)N(Cc1ccccc1C)C(=O)Cc1ccccc1Cl. The summed E-state index contributed by atoms with van der Waals surface area (Å²) in [6.45, 7) is 6.74. The van der Waals surface area contributed by atoms with Gasteiger partial charge in [0, 0.05) is 18.1 Å². The highest BCUT2D eigenvalue weighted by Gasteiger charge is 2.28. The van der Waals surface area contributed by atoms with Gasteiger partial charge in [-0.25, -0.2) is 0 Å². The normalized spacial score (nSPS) is 11.7. The largest absolute Gasteiger partial charge is 0.355 e. The second-order valence-corrected chi connectivity index (χ2v) is 6.94. The molecule has 5 heteroatoms. The van der Waals surface area contributed by atoms with Gasteiger partial charge in [-0.15, -0.1) is 0 Å². The lowest BCUT2D eigenvalue weighted by molar-refractivity contribution is -0.140. The highest BCUT2D eigenvalue weighted by molar-refractivity contribution is 6.31. The van der Waals surface area contributed by atoms with Crippen molar-refractivity contribution in [2.24, 2.45) is 0 Å². The van der Waals surface area contributed by atoms with Crippen molar-refractivity contribution in [2.45, 2.75) is 46.2 Å². The molecule has 0 fully saturated rings. The Morgan fingerprint density at radius 3 is 2.26 bits per heavy atom. The number of aryl methyl sites for hydroxylation is 1. The van der Waals surface area contributed by atoms with Gasteiger partial charge in [-0.1, -0.05) is 61.0 Å². The number of benzene rings is 2. The molecule has 1 N–H and O–H groups in total. The summed E-state index contributed by atoms with van der Waals surface area (Å²) in [6.07, 6.45) is 0.716. The Labute approximate surface area is 166 Å². The second-order valence-electron chi connectivity index (χ2n) is 6.53. The van der Waals surface area contributed by atoms with E-state index in [4.69, 9.17) is 11.6 Å². The summed E-state index contributed by atoms with van der Waals surface area (Å²) in [5, 5.41) is 3.41. The van der Waals surface area contributed by atoms with Crippen LogP contribution in [0.1, 0.15) is 37.0 Å². The number of carbonyl (C=O) groups is 2. The number of likely N-dealkylation sites (N-methyl/N-ethyl adjacent to an activating group) is 1. The molecule has 2 rings (SSSR count). The van der Waals surface area contributed by atoms with Crippen LogP contribution in [0, 0.1) is 6.92 Å². The summed E-state index contributed by atoms with van der Waals surface area (Å²) in [6, 6.07) is 14.7. The Bertz CT molecular complexity index is 791. The first-order valence-electron chi connectivity index (χ1n) is 9.33. The van der Waals surface area contributed by atoms with E-state index in [0.29, 0.717) is 24.5 Å². The molecule has 27 heavy (non-hydrogen) atoms. The number of amides is 2. The van der Waals surface area contributed by atoms with Crippen molar-refractivity contribution in [3.63, 3.8) is 0 Å². The molecule has 2 aromatic carbocycles. The van der Waals surface area contributed by atoms with Gasteiger partial charge in [0.25, 0.3) is 0 Å². The van der Waals surface area contributed by atoms with E-state index in [1.807, 2.05) is 63.2 Å². The maximum atomic E-state index is 13.2. The molecule has 0 saturated carbocycles. The third-order valence-corrected chi connectivity index (χ3v) is 5.01. The minimum atomic E-state index is -0.514. The number of halogens is 1. The third kappa shape index (κ3) is 5.57. The van der Waals surface area contributed by atoms with Crippen molar-refractivity contribution in [3.05, 3.63) is 70.2 Å². The second kappa shape index (κ2) is 10.1. The minimum absolute atomic E-state index is 0.107. The molecule has 1 atom stereocenters. The summed E-state index contributed by atoms with van der Waals surface area (Å²) < 4.78 is 0. The molecule has 0 bridgehead atoms. The first-order valence-corrected chi connectivity index (χ1v) is 9.70. The maximum absolute atomic E-state index is 13.2. The van der Waals surface area contributed by atoms with E-state index in [1.54, 1.807) is 11.0 Å². The van der Waals surface area contributed by atoms with Crippen molar-refractivity contribution in [1.82, 2.24) is 10.2 Å². The third-order valence-electron chi connectivity index (χ3n) is 4.64. The molecule has 0 spiro atoms. The van der Waals surface area contributed by atoms with Crippen LogP contribution in [0.3, 0.4) is 0 Å². The van der Waals surface area contributed by atoms with Crippen LogP contribution < -0.4 is 5.32 Å². The van der Waals surface area contributed by atoms with Crippen LogP contribution in [-0.4, -0.2) is 29.3 Å². The van der Waals surface area contributed by atoms with Crippen LogP contribution in [0.25, 0.3) is 0 Å². The quantitative estimate of drug-likeness (QED) is 0.741. The molecular weight excluding hydrogens is 360 g/mol. The van der Waals surface area contributed by atoms with Gasteiger partial charge in [-0.2, -0.15) is 0 Å². The van der Waals surface area contributed by atoms with E-state index in [0.717, 1.165) is 16.7 Å². The summed E-state index contributed by atoms with van der Waals surface area (Å²) in [7, 11) is 0. The summed E-state index contributed by atoms with van der Waals surface area (Å²) in [4.78, 5) is 27.4. The van der Waals surface area contributed by atoms with Crippen molar-refractivity contribution in [2.75, 3.05) is 6.54 Å². The standard InChI is InChI=1S/C22H27ClN2O2/c1-4-20(22(27)24-5-2)25(15-18-12-7-6-10-16(18)3)21(26)14-17-11-8-9-13-19(17)23/h6-13,20H,4-5,14-15H2,1-3H3,(H,24,27). The van der Waals surface area contributed by atoms with Crippen molar-refractivity contribution in [3.8, 4) is 0 Å². The number of hydrogen-bond acceptors (Lipinski definition) is 2. The predicted octanol–water partition coefficient (Wildman–Crippen LogP) is 4.13. The van der Waals surface area contributed by atoms with Crippen molar-refractivity contribution >= 4 is 23.4 Å². The fourth-order valence-electron chi connectivity index (χ4n) is 3.09. The molecular formula is C22H27ClN2O2. The maximum Gasteiger partial charge on any atom is 0.242 e. The number of carbonyl (C=O) groups excluding carboxylic acids is 2. The molecule has 144 valence electrons. The fourth-order valence-corrected chi connectivity index (χ4v) is 3.29. The van der Waals surface area contributed by atoms with E-state index in [9.17, 15) is 9.59 Å². The van der Waals surface area contributed by atoms with E-state index < -0.39 is 6.04 Å². The van der Waals surface area contributed by atoms with Gasteiger partial charge in [-0.3, -0.25) is 9.59 Å². The van der Waals surface area contributed by atoms with Crippen molar-refractivity contribution < 1.29 is 9.59 Å². The average Bonchev–Trinajstić information content (AvgIpc) is 2.65. The molecule has 0 radical (unpaired) electrons. The monoisotopic (exact) mass is 386 g/mol. The van der Waals surface area contributed by atoms with E-state index in [-0.39, 0.29) is 18.2 Å². The molecule has 0 aliphatic heterocycles. The summed E-state index contributed by atoms with van der Waals surface area (Å²) >= 11 is 6.23. The van der Waals surface area contributed by atoms with Gasteiger partial charge in [0.1, 0.15) is 6.04 Å². The lowest BCUT2D eigenvalue weighted by Gasteiger charge is -2.31. The average molecular weight is 387 g/mol. The van der Waals surface area contributed by atoms with Crippen molar-refractivity contribution in [1.29, 1.82) is 0 Å². The Hall–Kier alpha value is -2.33. The Morgan fingerprint density at radius 1 is 1.04 bits per heavy atom. The zero-order valence-electron chi connectivity index (χ0n) is 16.2. The van der Waals surface area contributed by atoms with Gasteiger partial charge in [0.15, 0.2) is 0 Å². The predicted molar refractivity (Wildman–Crippen MR) is 110 cm³/mol. The first kappa shape index (κ1) is 21.0. The Morgan fingerprint density at radius 2 is 1.67 bits per heavy atom. The fraction of sp³-hybridized carbons (Fsp3) is 0.364. The van der Waals surface area contributed by atoms with Crippen LogP contribution >= 0.6 is 11.6 Å². The zero-order valence-corrected chi connectivity index (χ0v) is 16.9. The van der Waals surface area contributed by atoms with Crippen LogP contribution in [0.4, 0.5) is 0 Å². The van der Waals surface area contributed by atoms with Gasteiger partial charge in [0.2, 0.25) is 11.8 Å². The highest BCUT2D eigenvalue weighted by Crippen LogP contribution is 2.20. The molecule has 1 unspecified atom stereocenters. The summed E-state index contributed by atoms with van der Waals surface area (Å²) in [5.74, 6) is -0.231. The van der Waals surface area contributed by atoms with E-state index in [1.165, 1.54) is 0 Å². The first-order chi connectivity index (χ1) is 13.0.